The summed E-state index contributed by atoms with van der Waals surface area (Å²) >= 11 is 8.70. The third-order valence-electron chi connectivity index (χ3n) is 2.37. The predicted octanol–water partition coefficient (Wildman–Crippen LogP) is 3.62. The van der Waals surface area contributed by atoms with E-state index in [1.165, 1.54) is 28.6 Å². The summed E-state index contributed by atoms with van der Waals surface area (Å²) in [6.07, 6.45) is 5.80. The minimum atomic E-state index is 0.565. The van der Waals surface area contributed by atoms with Crippen molar-refractivity contribution in [2.24, 2.45) is 5.41 Å². The van der Waals surface area contributed by atoms with Crippen LogP contribution >= 0.6 is 43.4 Å². The van der Waals surface area contributed by atoms with Gasteiger partial charge in [0.05, 0.1) is 10.7 Å². The maximum Gasteiger partial charge on any atom is 0.0552 e. The molecule has 12 heavy (non-hydrogen) atoms. The molecule has 1 saturated carbocycles. The van der Waals surface area contributed by atoms with Crippen LogP contribution in [0.3, 0.4) is 0 Å². The Balaban J connectivity index is 2.08. The number of hydrogen-bond acceptors (Lipinski definition) is 2. The van der Waals surface area contributed by atoms with E-state index in [2.05, 4.69) is 36.2 Å². The van der Waals surface area contributed by atoms with Crippen molar-refractivity contribution in [2.75, 3.05) is 5.33 Å². The zero-order valence-electron chi connectivity index (χ0n) is 6.52. The molecule has 0 aromatic carbocycles. The van der Waals surface area contributed by atoms with Gasteiger partial charge in [0.15, 0.2) is 0 Å². The lowest BCUT2D eigenvalue weighted by atomic mass is 10.1. The van der Waals surface area contributed by atoms with Gasteiger partial charge in [0.25, 0.3) is 0 Å². The third kappa shape index (κ3) is 1.75. The molecule has 1 fully saturated rings. The zero-order chi connectivity index (χ0) is 8.60. The van der Waals surface area contributed by atoms with Gasteiger partial charge in [-0.3, -0.25) is 0 Å². The van der Waals surface area contributed by atoms with E-state index in [-0.39, 0.29) is 0 Å². The van der Waals surface area contributed by atoms with Crippen LogP contribution in [0.15, 0.2) is 10.7 Å². The topological polar surface area (TPSA) is 12.9 Å². The molecule has 1 nitrogen and oxygen atoms in total. The second-order valence-corrected chi connectivity index (χ2v) is 5.71. The van der Waals surface area contributed by atoms with Crippen LogP contribution in [-0.2, 0) is 6.42 Å². The zero-order valence-corrected chi connectivity index (χ0v) is 10.5. The van der Waals surface area contributed by atoms with Gasteiger partial charge in [-0.25, -0.2) is 0 Å². The van der Waals surface area contributed by atoms with E-state index in [9.17, 15) is 0 Å². The van der Waals surface area contributed by atoms with Crippen LogP contribution in [0.5, 0.6) is 0 Å². The van der Waals surface area contributed by atoms with E-state index < -0.39 is 0 Å². The molecule has 1 aliphatic rings. The van der Waals surface area contributed by atoms with E-state index in [1.807, 2.05) is 6.20 Å². The fraction of sp³-hybridized carbons (Fsp3) is 0.625. The quantitative estimate of drug-likeness (QED) is 0.777. The number of aromatic nitrogens is 1. The fourth-order valence-corrected chi connectivity index (χ4v) is 3.39. The molecule has 1 aromatic rings. The Morgan fingerprint density at radius 3 is 2.75 bits per heavy atom. The molecule has 0 spiro atoms. The SMILES string of the molecule is BrCC1(Cc2sncc2Br)CC1. The highest BCUT2D eigenvalue weighted by Crippen LogP contribution is 2.50. The van der Waals surface area contributed by atoms with Crippen molar-refractivity contribution in [1.29, 1.82) is 0 Å². The molecular weight excluding hydrogens is 302 g/mol. The van der Waals surface area contributed by atoms with Crippen LogP contribution in [0.1, 0.15) is 17.7 Å². The second-order valence-electron chi connectivity index (χ2n) is 3.41. The summed E-state index contributed by atoms with van der Waals surface area (Å²) in [6, 6.07) is 0. The third-order valence-corrected chi connectivity index (χ3v) is 5.30. The molecule has 0 atom stereocenters. The molecule has 0 radical (unpaired) electrons. The van der Waals surface area contributed by atoms with E-state index >= 15 is 0 Å². The van der Waals surface area contributed by atoms with Crippen LogP contribution in [0, 0.1) is 5.41 Å². The molecule has 0 bridgehead atoms. The van der Waals surface area contributed by atoms with E-state index in [0.717, 1.165) is 5.33 Å². The maximum absolute atomic E-state index is 4.15. The first-order chi connectivity index (χ1) is 5.76. The van der Waals surface area contributed by atoms with E-state index in [1.54, 1.807) is 11.5 Å². The minimum absolute atomic E-state index is 0.565. The lowest BCUT2D eigenvalue weighted by Crippen LogP contribution is -2.05. The molecule has 1 aromatic heterocycles. The highest BCUT2D eigenvalue weighted by molar-refractivity contribution is 9.10. The van der Waals surface area contributed by atoms with Gasteiger partial charge in [-0.2, -0.15) is 4.37 Å². The van der Waals surface area contributed by atoms with Gasteiger partial charge in [0.1, 0.15) is 0 Å². The Kier molecular flexibility index (Phi) is 2.58. The van der Waals surface area contributed by atoms with Gasteiger partial charge in [0.2, 0.25) is 0 Å². The van der Waals surface area contributed by atoms with Gasteiger partial charge in [-0.15, -0.1) is 0 Å². The molecule has 0 N–H and O–H groups in total. The smallest absolute Gasteiger partial charge is 0.0552 e. The van der Waals surface area contributed by atoms with Crippen molar-refractivity contribution >= 4 is 43.4 Å². The van der Waals surface area contributed by atoms with Gasteiger partial charge >= 0.3 is 0 Å². The Morgan fingerprint density at radius 2 is 2.33 bits per heavy atom. The summed E-state index contributed by atoms with van der Waals surface area (Å²) in [4.78, 5) is 1.40. The first-order valence-electron chi connectivity index (χ1n) is 3.91. The van der Waals surface area contributed by atoms with Gasteiger partial charge < -0.3 is 0 Å². The average Bonchev–Trinajstić information content (AvgIpc) is 2.74. The van der Waals surface area contributed by atoms with Gasteiger partial charge in [-0.05, 0) is 52.1 Å². The van der Waals surface area contributed by atoms with Crippen LogP contribution in [0.25, 0.3) is 0 Å². The summed E-state index contributed by atoms with van der Waals surface area (Å²) in [5, 5.41) is 1.13. The number of nitrogens with zero attached hydrogens (tertiary/aromatic N) is 1. The summed E-state index contributed by atoms with van der Waals surface area (Å²) in [5.74, 6) is 0. The number of halogens is 2. The summed E-state index contributed by atoms with van der Waals surface area (Å²) in [6.45, 7) is 0. The molecule has 4 heteroatoms. The molecule has 0 aliphatic heterocycles. The Hall–Kier alpha value is 0.590. The van der Waals surface area contributed by atoms with Crippen molar-refractivity contribution < 1.29 is 0 Å². The first-order valence-corrected chi connectivity index (χ1v) is 6.60. The number of alkyl halides is 1. The van der Waals surface area contributed by atoms with E-state index in [0.29, 0.717) is 5.41 Å². The average molecular weight is 311 g/mol. The molecule has 1 heterocycles. The lowest BCUT2D eigenvalue weighted by molar-refractivity contribution is 0.591. The van der Waals surface area contributed by atoms with Crippen molar-refractivity contribution in [3.05, 3.63) is 15.5 Å². The van der Waals surface area contributed by atoms with Gasteiger partial charge in [-0.1, -0.05) is 15.9 Å². The largest absolute Gasteiger partial charge is 0.200 e. The number of hydrogen-bond donors (Lipinski definition) is 0. The summed E-state index contributed by atoms with van der Waals surface area (Å²) in [5.41, 5.74) is 0.565. The van der Waals surface area contributed by atoms with Crippen molar-refractivity contribution in [3.8, 4) is 0 Å². The first kappa shape index (κ1) is 9.16. The molecular formula is C8H9Br2NS. The molecule has 1 aliphatic carbocycles. The Morgan fingerprint density at radius 1 is 1.58 bits per heavy atom. The monoisotopic (exact) mass is 309 g/mol. The van der Waals surface area contributed by atoms with Crippen LogP contribution in [0.2, 0.25) is 0 Å². The maximum atomic E-state index is 4.15. The molecule has 66 valence electrons. The van der Waals surface area contributed by atoms with Crippen molar-refractivity contribution in [2.45, 2.75) is 19.3 Å². The minimum Gasteiger partial charge on any atom is -0.200 e. The predicted molar refractivity (Wildman–Crippen MR) is 59.0 cm³/mol. The highest BCUT2D eigenvalue weighted by Gasteiger charge is 2.42. The van der Waals surface area contributed by atoms with Crippen LogP contribution < -0.4 is 0 Å². The number of rotatable bonds is 3. The van der Waals surface area contributed by atoms with E-state index in [4.69, 9.17) is 0 Å². The van der Waals surface area contributed by atoms with Crippen LogP contribution in [-0.4, -0.2) is 9.70 Å². The molecule has 0 unspecified atom stereocenters. The second kappa shape index (κ2) is 3.39. The van der Waals surface area contributed by atoms with Gasteiger partial charge in [0, 0.05) is 10.2 Å². The van der Waals surface area contributed by atoms with Crippen molar-refractivity contribution in [3.63, 3.8) is 0 Å². The standard InChI is InChI=1S/C8H9Br2NS/c9-5-8(1-2-8)3-7-6(10)4-11-12-7/h4H,1-3,5H2. The Bertz CT molecular complexity index is 280. The lowest BCUT2D eigenvalue weighted by Gasteiger charge is -2.08. The molecule has 0 saturated heterocycles. The summed E-state index contributed by atoms with van der Waals surface area (Å²) < 4.78 is 5.33. The molecule has 0 amide bonds. The van der Waals surface area contributed by atoms with Crippen molar-refractivity contribution in [1.82, 2.24) is 4.37 Å². The van der Waals surface area contributed by atoms with Crippen LogP contribution in [0.4, 0.5) is 0 Å². The fourth-order valence-electron chi connectivity index (χ4n) is 1.24. The Labute approximate surface area is 93.0 Å². The summed E-state index contributed by atoms with van der Waals surface area (Å²) in [7, 11) is 0. The normalized spacial score (nSPS) is 19.5. The molecule has 2 rings (SSSR count). The highest BCUT2D eigenvalue weighted by atomic mass is 79.9.